The molecule has 126 valence electrons. The minimum atomic E-state index is -0.491. The number of carbonyl (C=O) groups excluding carboxylic acids is 1. The Bertz CT molecular complexity index is 919. The lowest BCUT2D eigenvalue weighted by Crippen LogP contribution is -2.41. The van der Waals surface area contributed by atoms with Gasteiger partial charge < -0.3 is 4.42 Å². The van der Waals surface area contributed by atoms with Gasteiger partial charge in [0, 0.05) is 17.5 Å². The first-order chi connectivity index (χ1) is 12.0. The molecule has 0 saturated carbocycles. The van der Waals surface area contributed by atoms with Crippen molar-refractivity contribution in [1.29, 1.82) is 0 Å². The summed E-state index contributed by atoms with van der Waals surface area (Å²) in [5.74, 6) is -0.347. The van der Waals surface area contributed by atoms with E-state index in [-0.39, 0.29) is 16.6 Å². The fraction of sp³-hybridized carbons (Fsp3) is 0. The van der Waals surface area contributed by atoms with E-state index >= 15 is 0 Å². The number of nitro benzene ring substituents is 1. The van der Waals surface area contributed by atoms with Crippen LogP contribution in [0.2, 0.25) is 0 Å². The van der Waals surface area contributed by atoms with Crippen LogP contribution in [0.3, 0.4) is 0 Å². The van der Waals surface area contributed by atoms with Crippen LogP contribution >= 0.6 is 12.2 Å². The molecule has 0 saturated heterocycles. The van der Waals surface area contributed by atoms with Crippen molar-refractivity contribution in [2.45, 2.75) is 0 Å². The number of fused-ring (bicyclic) bond motifs is 1. The van der Waals surface area contributed by atoms with Crippen LogP contribution in [0.25, 0.3) is 11.0 Å². The van der Waals surface area contributed by atoms with Gasteiger partial charge in [0.25, 0.3) is 11.6 Å². The lowest BCUT2D eigenvalue weighted by atomic mass is 10.2. The highest BCUT2D eigenvalue weighted by atomic mass is 32.1. The Balaban J connectivity index is 1.56. The first-order valence-corrected chi connectivity index (χ1v) is 7.54. The molecule has 0 fully saturated rings. The second-order valence-electron chi connectivity index (χ2n) is 4.99. The largest absolute Gasteiger partial charge is 0.451 e. The van der Waals surface area contributed by atoms with E-state index in [1.807, 2.05) is 18.2 Å². The normalized spacial score (nSPS) is 10.2. The Morgan fingerprint density at radius 3 is 2.52 bits per heavy atom. The van der Waals surface area contributed by atoms with E-state index in [1.165, 1.54) is 24.3 Å². The van der Waals surface area contributed by atoms with E-state index in [0.29, 0.717) is 11.3 Å². The van der Waals surface area contributed by atoms with Crippen molar-refractivity contribution >= 4 is 45.6 Å². The molecule has 3 rings (SSSR count). The highest BCUT2D eigenvalue weighted by Gasteiger charge is 2.13. The maximum Gasteiger partial charge on any atom is 0.293 e. The Labute approximate surface area is 146 Å². The van der Waals surface area contributed by atoms with Gasteiger partial charge in [-0.15, -0.1) is 0 Å². The average Bonchev–Trinajstić information content (AvgIpc) is 3.04. The van der Waals surface area contributed by atoms with Crippen LogP contribution in [0, 0.1) is 10.1 Å². The van der Waals surface area contributed by atoms with Crippen molar-refractivity contribution < 1.29 is 14.1 Å². The van der Waals surface area contributed by atoms with Crippen LogP contribution in [0.15, 0.2) is 59.0 Å². The second kappa shape index (κ2) is 6.97. The van der Waals surface area contributed by atoms with Crippen LogP contribution in [0.1, 0.15) is 10.6 Å². The number of amides is 1. The summed E-state index contributed by atoms with van der Waals surface area (Å²) in [5.41, 5.74) is 6.49. The fourth-order valence-corrected chi connectivity index (χ4v) is 2.23. The van der Waals surface area contributed by atoms with Crippen molar-refractivity contribution in [3.05, 3.63) is 70.5 Å². The molecule has 1 aromatic heterocycles. The fourth-order valence-electron chi connectivity index (χ4n) is 2.09. The number of rotatable bonds is 4. The van der Waals surface area contributed by atoms with Gasteiger partial charge in [-0.05, 0) is 36.5 Å². The quantitative estimate of drug-likeness (QED) is 0.374. The van der Waals surface area contributed by atoms with Gasteiger partial charge in [-0.1, -0.05) is 18.2 Å². The van der Waals surface area contributed by atoms with E-state index in [1.54, 1.807) is 12.1 Å². The summed E-state index contributed by atoms with van der Waals surface area (Å²) in [5, 5.41) is 13.9. The monoisotopic (exact) mass is 356 g/mol. The van der Waals surface area contributed by atoms with E-state index in [0.717, 1.165) is 5.39 Å². The van der Waals surface area contributed by atoms with Gasteiger partial charge in [-0.3, -0.25) is 31.1 Å². The standard InChI is InChI=1S/C16H12N4O4S/c21-15(14-9-10-3-1-2-4-13(10)24-14)17-16(25)19-18-11-5-7-12(8-6-11)20(22)23/h1-9,18H,(H2,17,19,21,25). The number of para-hydroxylation sites is 1. The molecule has 3 N–H and O–H groups in total. The lowest BCUT2D eigenvalue weighted by Gasteiger charge is -2.10. The number of hydrogen-bond donors (Lipinski definition) is 3. The lowest BCUT2D eigenvalue weighted by molar-refractivity contribution is -0.384. The summed E-state index contributed by atoms with van der Waals surface area (Å²) in [7, 11) is 0. The third kappa shape index (κ3) is 3.90. The van der Waals surface area contributed by atoms with Crippen molar-refractivity contribution in [3.63, 3.8) is 0 Å². The predicted octanol–water partition coefficient (Wildman–Crippen LogP) is 2.97. The predicted molar refractivity (Wildman–Crippen MR) is 96.1 cm³/mol. The van der Waals surface area contributed by atoms with E-state index in [2.05, 4.69) is 16.2 Å². The number of carbonyl (C=O) groups is 1. The zero-order valence-electron chi connectivity index (χ0n) is 12.7. The number of nitrogens with one attached hydrogen (secondary N) is 3. The van der Waals surface area contributed by atoms with Crippen LogP contribution in [0.5, 0.6) is 0 Å². The molecule has 0 aliphatic heterocycles. The highest BCUT2D eigenvalue weighted by molar-refractivity contribution is 7.80. The van der Waals surface area contributed by atoms with E-state index < -0.39 is 10.8 Å². The van der Waals surface area contributed by atoms with Crippen LogP contribution < -0.4 is 16.2 Å². The molecule has 0 aliphatic carbocycles. The molecule has 2 aromatic carbocycles. The van der Waals surface area contributed by atoms with Crippen molar-refractivity contribution in [2.24, 2.45) is 0 Å². The van der Waals surface area contributed by atoms with Crippen LogP contribution in [-0.2, 0) is 0 Å². The molecule has 0 radical (unpaired) electrons. The summed E-state index contributed by atoms with van der Waals surface area (Å²) in [6, 6.07) is 14.6. The average molecular weight is 356 g/mol. The summed E-state index contributed by atoms with van der Waals surface area (Å²) < 4.78 is 5.45. The number of hydrogen-bond acceptors (Lipinski definition) is 6. The minimum absolute atomic E-state index is 0.0219. The molecule has 1 amide bonds. The molecule has 0 aliphatic rings. The molecule has 0 unspecified atom stereocenters. The molecule has 3 aromatic rings. The topological polar surface area (TPSA) is 109 Å². The van der Waals surface area contributed by atoms with Gasteiger partial charge in [-0.25, -0.2) is 0 Å². The SMILES string of the molecule is O=C(NC(=S)NNc1ccc([N+](=O)[O-])cc1)c1cc2ccccc2o1. The first-order valence-electron chi connectivity index (χ1n) is 7.13. The third-order valence-electron chi connectivity index (χ3n) is 3.27. The van der Waals surface area contributed by atoms with Gasteiger partial charge in [0.15, 0.2) is 10.9 Å². The zero-order valence-corrected chi connectivity index (χ0v) is 13.5. The molecule has 1 heterocycles. The molecule has 0 bridgehead atoms. The summed E-state index contributed by atoms with van der Waals surface area (Å²) in [6.07, 6.45) is 0. The van der Waals surface area contributed by atoms with Gasteiger partial charge in [0.05, 0.1) is 10.6 Å². The minimum Gasteiger partial charge on any atom is -0.451 e. The maximum atomic E-state index is 12.1. The second-order valence-corrected chi connectivity index (χ2v) is 5.39. The van der Waals surface area contributed by atoms with Gasteiger partial charge in [0.1, 0.15) is 5.58 Å². The number of nitrogens with zero attached hydrogens (tertiary/aromatic N) is 1. The van der Waals surface area contributed by atoms with E-state index in [4.69, 9.17) is 16.6 Å². The molecule has 9 heteroatoms. The van der Waals surface area contributed by atoms with Crippen molar-refractivity contribution in [1.82, 2.24) is 10.7 Å². The van der Waals surface area contributed by atoms with Crippen molar-refractivity contribution in [2.75, 3.05) is 5.43 Å². The Morgan fingerprint density at radius 2 is 1.84 bits per heavy atom. The molecular weight excluding hydrogens is 344 g/mol. The number of benzene rings is 2. The Kier molecular flexibility index (Phi) is 4.57. The van der Waals surface area contributed by atoms with Gasteiger partial charge >= 0.3 is 0 Å². The number of anilines is 1. The Morgan fingerprint density at radius 1 is 1.12 bits per heavy atom. The van der Waals surface area contributed by atoms with Crippen LogP contribution in [0.4, 0.5) is 11.4 Å². The first kappa shape index (κ1) is 16.4. The number of hydrazine groups is 1. The zero-order chi connectivity index (χ0) is 17.8. The number of non-ortho nitro benzene ring substituents is 1. The molecule has 0 spiro atoms. The summed E-state index contributed by atoms with van der Waals surface area (Å²) in [6.45, 7) is 0. The Hall–Kier alpha value is -3.46. The number of thiocarbonyl (C=S) groups is 1. The van der Waals surface area contributed by atoms with E-state index in [9.17, 15) is 14.9 Å². The number of nitro groups is 1. The maximum absolute atomic E-state index is 12.1. The smallest absolute Gasteiger partial charge is 0.293 e. The molecule has 0 atom stereocenters. The summed E-state index contributed by atoms with van der Waals surface area (Å²) in [4.78, 5) is 22.2. The molecule has 8 nitrogen and oxygen atoms in total. The van der Waals surface area contributed by atoms with Gasteiger partial charge in [0.2, 0.25) is 0 Å². The summed E-state index contributed by atoms with van der Waals surface area (Å²) >= 11 is 5.02. The highest BCUT2D eigenvalue weighted by Crippen LogP contribution is 2.18. The third-order valence-corrected chi connectivity index (χ3v) is 3.48. The molecule has 25 heavy (non-hydrogen) atoms. The van der Waals surface area contributed by atoms with Crippen LogP contribution in [-0.4, -0.2) is 15.9 Å². The van der Waals surface area contributed by atoms with Gasteiger partial charge in [-0.2, -0.15) is 0 Å². The molecular formula is C16H12N4O4S. The van der Waals surface area contributed by atoms with Crippen molar-refractivity contribution in [3.8, 4) is 0 Å². The number of furan rings is 1.